The Balaban J connectivity index is 1.75. The number of nitrogens with two attached hydrogens (primary N) is 1. The number of amides is 1. The van der Waals surface area contributed by atoms with Gasteiger partial charge in [0.1, 0.15) is 5.54 Å². The number of likely N-dealkylation sites (tertiary alicyclic amines) is 1. The lowest BCUT2D eigenvalue weighted by molar-refractivity contribution is -0.143. The van der Waals surface area contributed by atoms with E-state index in [0.717, 1.165) is 18.9 Å². The van der Waals surface area contributed by atoms with Crippen LogP contribution >= 0.6 is 0 Å². The first-order valence-corrected chi connectivity index (χ1v) is 7.38. The molecular formula is C14H24N2O2. The van der Waals surface area contributed by atoms with Crippen LogP contribution in [0.15, 0.2) is 0 Å². The number of carbonyl (C=O) groups excluding carboxylic acids is 1. The van der Waals surface area contributed by atoms with Gasteiger partial charge in [0, 0.05) is 19.2 Å². The van der Waals surface area contributed by atoms with Crippen molar-refractivity contribution in [2.24, 2.45) is 11.7 Å². The van der Waals surface area contributed by atoms with E-state index in [1.54, 1.807) is 0 Å². The monoisotopic (exact) mass is 252 g/mol. The van der Waals surface area contributed by atoms with Crippen LogP contribution in [0.4, 0.5) is 0 Å². The normalized spacial score (nSPS) is 40.6. The zero-order valence-corrected chi connectivity index (χ0v) is 11.1. The van der Waals surface area contributed by atoms with Gasteiger partial charge in [-0.05, 0) is 38.0 Å². The molecule has 0 bridgehead atoms. The van der Waals surface area contributed by atoms with E-state index in [-0.39, 0.29) is 5.91 Å². The Morgan fingerprint density at radius 3 is 2.78 bits per heavy atom. The molecule has 1 aliphatic carbocycles. The second-order valence-corrected chi connectivity index (χ2v) is 6.21. The first-order valence-electron chi connectivity index (χ1n) is 7.38. The smallest absolute Gasteiger partial charge is 0.245 e. The summed E-state index contributed by atoms with van der Waals surface area (Å²) in [5, 5.41) is 0. The Morgan fingerprint density at radius 2 is 2.00 bits per heavy atom. The summed E-state index contributed by atoms with van der Waals surface area (Å²) in [6, 6.07) is 0.459. The largest absolute Gasteiger partial charge is 0.379 e. The summed E-state index contributed by atoms with van der Waals surface area (Å²) < 4.78 is 5.34. The number of rotatable bonds is 1. The number of fused-ring (bicyclic) bond motifs is 1. The standard InChI is InChI=1S/C14H24N2O2/c15-14(7-9-18-10-14)13(17)16-8-3-5-11-4-1-2-6-12(11)16/h11-12H,1-10,15H2/t11-,12-,14?/m1/s1. The first-order chi connectivity index (χ1) is 8.71. The minimum Gasteiger partial charge on any atom is -0.379 e. The number of hydrogen-bond donors (Lipinski definition) is 1. The van der Waals surface area contributed by atoms with Crippen LogP contribution < -0.4 is 5.73 Å². The molecule has 1 amide bonds. The summed E-state index contributed by atoms with van der Waals surface area (Å²) in [5.41, 5.74) is 5.50. The van der Waals surface area contributed by atoms with Crippen LogP contribution in [0.2, 0.25) is 0 Å². The third-order valence-corrected chi connectivity index (χ3v) is 4.98. The second-order valence-electron chi connectivity index (χ2n) is 6.21. The fourth-order valence-electron chi connectivity index (χ4n) is 3.91. The highest BCUT2D eigenvalue weighted by Gasteiger charge is 2.45. The van der Waals surface area contributed by atoms with Gasteiger partial charge < -0.3 is 15.4 Å². The molecule has 4 nitrogen and oxygen atoms in total. The molecule has 0 aromatic heterocycles. The Labute approximate surface area is 109 Å². The molecular weight excluding hydrogens is 228 g/mol. The van der Waals surface area contributed by atoms with Crippen molar-refractivity contribution < 1.29 is 9.53 Å². The van der Waals surface area contributed by atoms with Crippen LogP contribution in [0, 0.1) is 5.92 Å². The summed E-state index contributed by atoms with van der Waals surface area (Å²) >= 11 is 0. The molecule has 0 aromatic rings. The van der Waals surface area contributed by atoms with E-state index < -0.39 is 5.54 Å². The van der Waals surface area contributed by atoms with Gasteiger partial charge in [-0.25, -0.2) is 0 Å². The molecule has 3 rings (SSSR count). The highest BCUT2D eigenvalue weighted by atomic mass is 16.5. The van der Waals surface area contributed by atoms with E-state index in [1.807, 2.05) is 0 Å². The zero-order chi connectivity index (χ0) is 12.6. The highest BCUT2D eigenvalue weighted by Crippen LogP contribution is 2.36. The molecule has 3 aliphatic rings. The maximum Gasteiger partial charge on any atom is 0.245 e. The fourth-order valence-corrected chi connectivity index (χ4v) is 3.91. The molecule has 18 heavy (non-hydrogen) atoms. The number of ether oxygens (including phenoxy) is 1. The number of nitrogens with zero attached hydrogens (tertiary/aromatic N) is 1. The van der Waals surface area contributed by atoms with Crippen molar-refractivity contribution in [3.05, 3.63) is 0 Å². The van der Waals surface area contributed by atoms with Crippen molar-refractivity contribution in [3.8, 4) is 0 Å². The topological polar surface area (TPSA) is 55.6 Å². The minimum atomic E-state index is -0.737. The molecule has 3 atom stereocenters. The average molecular weight is 252 g/mol. The predicted molar refractivity (Wildman–Crippen MR) is 69.0 cm³/mol. The lowest BCUT2D eigenvalue weighted by atomic mass is 9.77. The summed E-state index contributed by atoms with van der Waals surface area (Å²) in [6.45, 7) is 1.93. The molecule has 0 aromatic carbocycles. The van der Waals surface area contributed by atoms with E-state index >= 15 is 0 Å². The molecule has 2 aliphatic heterocycles. The van der Waals surface area contributed by atoms with Crippen molar-refractivity contribution in [2.45, 2.75) is 56.5 Å². The maximum atomic E-state index is 12.7. The molecule has 2 N–H and O–H groups in total. The lowest BCUT2D eigenvalue weighted by Gasteiger charge is -2.46. The second kappa shape index (κ2) is 4.82. The molecule has 3 fully saturated rings. The van der Waals surface area contributed by atoms with Crippen molar-refractivity contribution in [2.75, 3.05) is 19.8 Å². The SMILES string of the molecule is NC1(C(=O)N2CCC[C@H]3CCCC[C@H]32)CCOC1. The quantitative estimate of drug-likeness (QED) is 0.765. The van der Waals surface area contributed by atoms with Crippen LogP contribution in [0.5, 0.6) is 0 Å². The predicted octanol–water partition coefficient (Wildman–Crippen LogP) is 1.29. The van der Waals surface area contributed by atoms with E-state index in [1.165, 1.54) is 32.1 Å². The summed E-state index contributed by atoms with van der Waals surface area (Å²) in [7, 11) is 0. The van der Waals surface area contributed by atoms with E-state index in [0.29, 0.717) is 25.7 Å². The minimum absolute atomic E-state index is 0.150. The zero-order valence-electron chi connectivity index (χ0n) is 11.1. The van der Waals surface area contributed by atoms with Crippen LogP contribution in [0.3, 0.4) is 0 Å². The number of piperidine rings is 1. The van der Waals surface area contributed by atoms with Crippen LogP contribution in [0.1, 0.15) is 44.9 Å². The molecule has 1 saturated carbocycles. The van der Waals surface area contributed by atoms with Gasteiger partial charge in [0.15, 0.2) is 0 Å². The maximum absolute atomic E-state index is 12.7. The van der Waals surface area contributed by atoms with E-state index in [2.05, 4.69) is 4.90 Å². The van der Waals surface area contributed by atoms with Gasteiger partial charge in [-0.1, -0.05) is 12.8 Å². The van der Waals surface area contributed by atoms with Crippen molar-refractivity contribution in [3.63, 3.8) is 0 Å². The van der Waals surface area contributed by atoms with Gasteiger partial charge >= 0.3 is 0 Å². The summed E-state index contributed by atoms with van der Waals surface area (Å²) in [6.07, 6.45) is 8.18. The Bertz CT molecular complexity index is 324. The molecule has 0 spiro atoms. The van der Waals surface area contributed by atoms with Gasteiger partial charge in [-0.3, -0.25) is 4.79 Å². The summed E-state index contributed by atoms with van der Waals surface area (Å²) in [5.74, 6) is 0.874. The number of carbonyl (C=O) groups is 1. The Morgan fingerprint density at radius 1 is 1.22 bits per heavy atom. The van der Waals surface area contributed by atoms with Crippen molar-refractivity contribution in [1.29, 1.82) is 0 Å². The molecule has 0 radical (unpaired) electrons. The molecule has 2 heterocycles. The molecule has 102 valence electrons. The van der Waals surface area contributed by atoms with Crippen molar-refractivity contribution in [1.82, 2.24) is 4.90 Å². The summed E-state index contributed by atoms with van der Waals surface area (Å²) in [4.78, 5) is 14.8. The molecule has 1 unspecified atom stereocenters. The first kappa shape index (κ1) is 12.4. The van der Waals surface area contributed by atoms with Gasteiger partial charge in [-0.15, -0.1) is 0 Å². The van der Waals surface area contributed by atoms with E-state index in [4.69, 9.17) is 10.5 Å². The van der Waals surface area contributed by atoms with Crippen molar-refractivity contribution >= 4 is 5.91 Å². The van der Waals surface area contributed by atoms with E-state index in [9.17, 15) is 4.79 Å². The Hall–Kier alpha value is -0.610. The van der Waals surface area contributed by atoms with Crippen LogP contribution in [-0.4, -0.2) is 42.1 Å². The fraction of sp³-hybridized carbons (Fsp3) is 0.929. The molecule has 2 saturated heterocycles. The van der Waals surface area contributed by atoms with Crippen LogP contribution in [-0.2, 0) is 9.53 Å². The van der Waals surface area contributed by atoms with Gasteiger partial charge in [-0.2, -0.15) is 0 Å². The Kier molecular flexibility index (Phi) is 3.32. The molecule has 4 heteroatoms. The van der Waals surface area contributed by atoms with Gasteiger partial charge in [0.25, 0.3) is 0 Å². The third kappa shape index (κ3) is 2.05. The average Bonchev–Trinajstić information content (AvgIpc) is 2.85. The third-order valence-electron chi connectivity index (χ3n) is 4.98. The van der Waals surface area contributed by atoms with Crippen LogP contribution in [0.25, 0.3) is 0 Å². The van der Waals surface area contributed by atoms with Gasteiger partial charge in [0.2, 0.25) is 5.91 Å². The number of hydrogen-bond acceptors (Lipinski definition) is 3. The highest BCUT2D eigenvalue weighted by molar-refractivity contribution is 5.87. The van der Waals surface area contributed by atoms with Gasteiger partial charge in [0.05, 0.1) is 6.61 Å². The lowest BCUT2D eigenvalue weighted by Crippen LogP contribution is -2.61.